The Balaban J connectivity index is 1.57. The highest BCUT2D eigenvalue weighted by Gasteiger charge is 2.40. The number of amidine groups is 1. The van der Waals surface area contributed by atoms with E-state index < -0.39 is 72.4 Å². The predicted molar refractivity (Wildman–Crippen MR) is 284 cm³/mol. The van der Waals surface area contributed by atoms with Gasteiger partial charge in [0.25, 0.3) is 0 Å². The largest absolute Gasteiger partial charge is 0.497 e. The third kappa shape index (κ3) is 12.9. The molecule has 6 N–H and O–H groups in total. The van der Waals surface area contributed by atoms with Crippen LogP contribution < -0.4 is 29.7 Å². The zero-order chi connectivity index (χ0) is 55.2. The maximum atomic E-state index is 16.4. The molecule has 0 saturated carbocycles. The average molecular weight is 1080 g/mol. The maximum absolute atomic E-state index is 16.4. The molecule has 7 rings (SSSR count). The van der Waals surface area contributed by atoms with E-state index in [1.807, 2.05) is 0 Å². The summed E-state index contributed by atoms with van der Waals surface area (Å²) in [4.78, 5) is 37.9. The fourth-order valence-corrected chi connectivity index (χ4v) is 11.9. The summed E-state index contributed by atoms with van der Waals surface area (Å²) >= 11 is 0. The molecule has 0 spiro atoms. The molecule has 1 aliphatic rings. The van der Waals surface area contributed by atoms with Crippen molar-refractivity contribution in [2.75, 3.05) is 41.0 Å². The number of imidazole rings is 1. The number of aromatic amines is 1. The van der Waals surface area contributed by atoms with Crippen LogP contribution in [0.5, 0.6) is 17.2 Å². The number of aliphatic imine (C=N–C) groups is 1. The minimum atomic E-state index is -5.14. The molecule has 22 nitrogen and oxygen atoms in total. The van der Waals surface area contributed by atoms with Gasteiger partial charge in [-0.15, -0.1) is 5.11 Å². The van der Waals surface area contributed by atoms with Gasteiger partial charge in [-0.3, -0.25) is 10.3 Å². The number of rotatable bonds is 19. The number of nitrogens with zero attached hydrogens (tertiary/aromatic N) is 6. The van der Waals surface area contributed by atoms with E-state index >= 15 is 16.8 Å². The van der Waals surface area contributed by atoms with Crippen LogP contribution in [0.2, 0.25) is 0 Å². The number of carboxylic acid groups (broad SMARTS) is 1. The number of nitrogens with one attached hydrogen (secondary N) is 4. The molecule has 1 aromatic heterocycles. The fourth-order valence-electron chi connectivity index (χ4n) is 8.43. The molecule has 0 radical (unpaired) electrons. The van der Waals surface area contributed by atoms with E-state index in [0.717, 1.165) is 15.3 Å². The maximum Gasteiger partial charge on any atom is 0.408 e. The van der Waals surface area contributed by atoms with Gasteiger partial charge in [0.1, 0.15) is 50.2 Å². The summed E-state index contributed by atoms with van der Waals surface area (Å²) in [6.45, 7) is 8.29. The number of ether oxygens (including phenoxy) is 4. The highest BCUT2D eigenvalue weighted by atomic mass is 32.2. The number of alkyl carbamates (subject to hydrolysis) is 1. The lowest BCUT2D eigenvalue weighted by molar-refractivity contribution is 0.0428. The van der Waals surface area contributed by atoms with Gasteiger partial charge in [-0.25, -0.2) is 41.1 Å². The Labute approximate surface area is 441 Å². The fraction of sp³-hybridized carbons (Fsp3) is 0.346. The van der Waals surface area contributed by atoms with Crippen LogP contribution in [0.3, 0.4) is 0 Å². The van der Waals surface area contributed by atoms with Gasteiger partial charge in [0.15, 0.2) is 5.84 Å². The first-order valence-electron chi connectivity index (χ1n) is 23.9. The number of hydrogen-bond acceptors (Lipinski definition) is 16. The molecule has 0 aliphatic carbocycles. The second kappa shape index (κ2) is 23.1. The third-order valence-electron chi connectivity index (χ3n) is 11.9. The number of sulfonamides is 2. The van der Waals surface area contributed by atoms with Crippen molar-refractivity contribution in [1.29, 1.82) is 0 Å². The van der Waals surface area contributed by atoms with Crippen LogP contribution in [-0.4, -0.2) is 116 Å². The molecule has 0 unspecified atom stereocenters. The van der Waals surface area contributed by atoms with Crippen molar-refractivity contribution >= 4 is 54.8 Å². The monoisotopic (exact) mass is 1080 g/mol. The predicted octanol–water partition coefficient (Wildman–Crippen LogP) is 7.81. The SMILES string of the molecule is COc1ccc(CN(Cc2ccc(OC)cc2)S(=O)(=O)c2c(S(=O)(=O)NCCNC(=O)OC(C)(C)C)ccc(-c3cccc4[nH]c([C@H](CO)N(C(=O)O)C(C)(C)C)nc34)c2C2=N\c3cc(ccc3OC)CN\N=N\2)cc1. The van der Waals surface area contributed by atoms with Crippen LogP contribution in [0.15, 0.2) is 122 Å². The third-order valence-corrected chi connectivity index (χ3v) is 15.4. The molecule has 1 aliphatic heterocycles. The highest BCUT2D eigenvalue weighted by Crippen LogP contribution is 2.42. The first kappa shape index (κ1) is 56.1. The standard InChI is InChI=1S/C52H62N10O12S2/c1-51(2,3)62(50(65)66)41(31-63)47-56-39-12-10-11-38(45(39)58-47)37-22-24-43(75(67,68)55-26-25-53-49(64)74-52(4,5)6)46(44(37)48-57-40-27-34(28-54-60-59-48)17-23-42(40)73-9)76(69,70)61(29-32-13-18-35(71-7)19-14-32)30-33-15-20-36(72-8)21-16-33/h10-24,27,41,55,63H,25-26,28-31H2,1-9H3,(H,53,64)(H,56,58)(H,65,66)(H,54,57,59)/t41-/m0/s1. The molecule has 0 saturated heterocycles. The van der Waals surface area contributed by atoms with Crippen LogP contribution in [-0.2, 0) is 44.4 Å². The number of aliphatic hydroxyl groups is 1. The van der Waals surface area contributed by atoms with Crippen molar-refractivity contribution in [3.63, 3.8) is 0 Å². The zero-order valence-corrected chi connectivity index (χ0v) is 45.2. The molecule has 0 fully saturated rings. The topological polar surface area (TPSA) is 288 Å². The van der Waals surface area contributed by atoms with Gasteiger partial charge < -0.3 is 39.5 Å². The number of benzene rings is 5. The number of para-hydroxylation sites is 1. The van der Waals surface area contributed by atoms with Gasteiger partial charge in [-0.2, -0.15) is 4.31 Å². The van der Waals surface area contributed by atoms with Crippen molar-refractivity contribution < 1.29 is 55.6 Å². The average Bonchev–Trinajstić information content (AvgIpc) is 3.89. The Morgan fingerprint density at radius 2 is 1.45 bits per heavy atom. The molecule has 5 aromatic carbocycles. The first-order chi connectivity index (χ1) is 36.0. The van der Waals surface area contributed by atoms with E-state index in [0.29, 0.717) is 33.7 Å². The number of aromatic nitrogens is 2. The Bertz CT molecular complexity index is 3320. The second-order valence-corrected chi connectivity index (χ2v) is 23.0. The van der Waals surface area contributed by atoms with Crippen LogP contribution in [0, 0.1) is 0 Å². The van der Waals surface area contributed by atoms with E-state index in [-0.39, 0.29) is 71.5 Å². The lowest BCUT2D eigenvalue weighted by Gasteiger charge is -2.37. The number of methoxy groups -OCH3 is 3. The van der Waals surface area contributed by atoms with Crippen molar-refractivity contribution in [3.05, 3.63) is 125 Å². The summed E-state index contributed by atoms with van der Waals surface area (Å²) in [5, 5.41) is 32.4. The van der Waals surface area contributed by atoms with E-state index in [9.17, 15) is 19.8 Å². The Kier molecular flexibility index (Phi) is 17.0. The molecule has 2 amide bonds. The molecule has 1 atom stereocenters. The molecule has 24 heteroatoms. The molecular weight excluding hydrogens is 1020 g/mol. The summed E-state index contributed by atoms with van der Waals surface area (Å²) in [5.74, 6) is 0.979. The lowest BCUT2D eigenvalue weighted by atomic mass is 9.97. The van der Waals surface area contributed by atoms with Crippen LogP contribution in [0.1, 0.15) is 75.7 Å². The van der Waals surface area contributed by atoms with Crippen LogP contribution >= 0.6 is 0 Å². The molecule has 76 heavy (non-hydrogen) atoms. The summed E-state index contributed by atoms with van der Waals surface area (Å²) in [5.41, 5.74) is 3.43. The summed E-state index contributed by atoms with van der Waals surface area (Å²) in [6, 6.07) is 24.9. The number of hydrogen-bond donors (Lipinski definition) is 6. The molecule has 2 bridgehead atoms. The Hall–Kier alpha value is -7.64. The van der Waals surface area contributed by atoms with E-state index in [2.05, 4.69) is 30.8 Å². The summed E-state index contributed by atoms with van der Waals surface area (Å²) < 4.78 is 88.5. The molecule has 6 aromatic rings. The number of aliphatic hydroxyl groups excluding tert-OH is 1. The lowest BCUT2D eigenvalue weighted by Crippen LogP contribution is -2.48. The van der Waals surface area contributed by atoms with Crippen molar-refractivity contribution in [1.82, 2.24) is 34.6 Å². The smallest absolute Gasteiger partial charge is 0.408 e. The van der Waals surface area contributed by atoms with Crippen molar-refractivity contribution in [2.24, 2.45) is 15.3 Å². The second-order valence-electron chi connectivity index (χ2n) is 19.4. The van der Waals surface area contributed by atoms with Gasteiger partial charge in [-0.1, -0.05) is 53.8 Å². The van der Waals surface area contributed by atoms with Crippen LogP contribution in [0.4, 0.5) is 15.3 Å². The Morgan fingerprint density at radius 1 is 0.803 bits per heavy atom. The quantitative estimate of drug-likeness (QED) is 0.0422. The number of carbonyl (C=O) groups excluding carboxylic acids is 1. The van der Waals surface area contributed by atoms with Gasteiger partial charge in [0.2, 0.25) is 20.0 Å². The summed E-state index contributed by atoms with van der Waals surface area (Å²) in [6.07, 6.45) is -2.12. The van der Waals surface area contributed by atoms with Gasteiger partial charge in [-0.05, 0) is 112 Å². The Morgan fingerprint density at radius 3 is 2.01 bits per heavy atom. The number of fused-ring (bicyclic) bond motifs is 3. The van der Waals surface area contributed by atoms with Gasteiger partial charge in [0.05, 0.1) is 51.1 Å². The number of H-pyrrole nitrogens is 1. The van der Waals surface area contributed by atoms with Gasteiger partial charge >= 0.3 is 12.2 Å². The van der Waals surface area contributed by atoms with Crippen molar-refractivity contribution in [2.45, 2.75) is 88.1 Å². The van der Waals surface area contributed by atoms with E-state index in [1.165, 1.54) is 27.4 Å². The molecule has 2 heterocycles. The summed E-state index contributed by atoms with van der Waals surface area (Å²) in [7, 11) is -5.61. The van der Waals surface area contributed by atoms with Gasteiger partial charge in [0, 0.05) is 37.3 Å². The number of carbonyl (C=O) groups is 2. The minimum absolute atomic E-state index is 0.0557. The number of amides is 2. The minimum Gasteiger partial charge on any atom is -0.497 e. The molecule has 404 valence electrons. The van der Waals surface area contributed by atoms with E-state index in [1.54, 1.807) is 126 Å². The van der Waals surface area contributed by atoms with Crippen LogP contribution in [0.25, 0.3) is 22.2 Å². The van der Waals surface area contributed by atoms with Crippen molar-refractivity contribution in [3.8, 4) is 28.4 Å². The molecular formula is C52H62N10O12S2. The normalized spacial score (nSPS) is 14.5. The van der Waals surface area contributed by atoms with E-state index in [4.69, 9.17) is 28.9 Å². The first-order valence-corrected chi connectivity index (χ1v) is 26.8. The zero-order valence-electron chi connectivity index (χ0n) is 43.5. The highest BCUT2D eigenvalue weighted by molar-refractivity contribution is 7.92.